The molecule has 0 fully saturated rings. The second-order valence-electron chi connectivity index (χ2n) is 3.65. The third-order valence-electron chi connectivity index (χ3n) is 2.34. The van der Waals surface area contributed by atoms with Crippen molar-refractivity contribution in [1.82, 2.24) is 5.32 Å². The number of ether oxygens (including phenoxy) is 2. The van der Waals surface area contributed by atoms with Gasteiger partial charge in [-0.25, -0.2) is 4.79 Å². The van der Waals surface area contributed by atoms with Crippen LogP contribution in [0.15, 0.2) is 24.3 Å². The van der Waals surface area contributed by atoms with Gasteiger partial charge in [0.05, 0.1) is 19.3 Å². The summed E-state index contributed by atoms with van der Waals surface area (Å²) in [6, 6.07) is 6.12. The Bertz CT molecular complexity index is 431. The van der Waals surface area contributed by atoms with Crippen molar-refractivity contribution in [2.75, 3.05) is 13.7 Å². The van der Waals surface area contributed by atoms with Crippen LogP contribution >= 0.6 is 0 Å². The number of para-hydroxylation sites is 1. The van der Waals surface area contributed by atoms with Crippen LogP contribution < -0.4 is 10.1 Å². The maximum Gasteiger partial charge on any atom is 0.328 e. The third kappa shape index (κ3) is 3.48. The molecule has 0 heterocycles. The maximum absolute atomic E-state index is 11.9. The van der Waals surface area contributed by atoms with Crippen LogP contribution in [0.5, 0.6) is 5.75 Å². The van der Waals surface area contributed by atoms with Crippen LogP contribution in [0, 0.1) is 0 Å². The molecule has 1 aromatic carbocycles. The van der Waals surface area contributed by atoms with Gasteiger partial charge in [0.25, 0.3) is 5.91 Å². The zero-order valence-corrected chi connectivity index (χ0v) is 10.7. The Balaban J connectivity index is 2.73. The molecule has 98 valence electrons. The number of rotatable bonds is 5. The van der Waals surface area contributed by atoms with Gasteiger partial charge in [-0.15, -0.1) is 0 Å². The van der Waals surface area contributed by atoms with Crippen molar-refractivity contribution in [1.29, 1.82) is 0 Å². The average Bonchev–Trinajstić information content (AvgIpc) is 2.38. The number of methoxy groups -OCH3 is 1. The van der Waals surface area contributed by atoms with Gasteiger partial charge in [-0.1, -0.05) is 12.1 Å². The van der Waals surface area contributed by atoms with Gasteiger partial charge in [-0.3, -0.25) is 4.79 Å². The van der Waals surface area contributed by atoms with Crippen LogP contribution in [0.1, 0.15) is 24.2 Å². The van der Waals surface area contributed by atoms with E-state index in [1.807, 2.05) is 0 Å². The lowest BCUT2D eigenvalue weighted by Gasteiger charge is -2.14. The summed E-state index contributed by atoms with van der Waals surface area (Å²) in [7, 11) is 1.49. The van der Waals surface area contributed by atoms with Gasteiger partial charge in [0.1, 0.15) is 11.8 Å². The number of hydrogen-bond acceptors (Lipinski definition) is 4. The van der Waals surface area contributed by atoms with Crippen LogP contribution in [0.2, 0.25) is 0 Å². The van der Waals surface area contributed by atoms with Crippen LogP contribution in [-0.2, 0) is 9.53 Å². The van der Waals surface area contributed by atoms with Crippen LogP contribution in [0.3, 0.4) is 0 Å². The van der Waals surface area contributed by atoms with Crippen molar-refractivity contribution >= 4 is 11.9 Å². The van der Waals surface area contributed by atoms with Crippen molar-refractivity contribution in [3.05, 3.63) is 29.8 Å². The second kappa shape index (κ2) is 6.64. The second-order valence-corrected chi connectivity index (χ2v) is 3.65. The highest BCUT2D eigenvalue weighted by Gasteiger charge is 2.19. The monoisotopic (exact) mass is 251 g/mol. The first kappa shape index (κ1) is 14.0. The Hall–Kier alpha value is -2.04. The molecule has 5 nitrogen and oxygen atoms in total. The highest BCUT2D eigenvalue weighted by molar-refractivity contribution is 5.98. The normalized spacial score (nSPS) is 11.5. The van der Waals surface area contributed by atoms with Gasteiger partial charge in [-0.05, 0) is 26.0 Å². The first-order valence-corrected chi connectivity index (χ1v) is 5.70. The molecule has 0 aliphatic carbocycles. The molecule has 0 aromatic heterocycles. The van der Waals surface area contributed by atoms with E-state index < -0.39 is 12.0 Å². The molecule has 0 saturated heterocycles. The van der Waals surface area contributed by atoms with E-state index in [0.717, 1.165) is 0 Å². The minimum absolute atomic E-state index is 0.285. The van der Waals surface area contributed by atoms with Crippen molar-refractivity contribution in [3.63, 3.8) is 0 Å². The summed E-state index contributed by atoms with van der Waals surface area (Å²) in [4.78, 5) is 23.3. The fourth-order valence-corrected chi connectivity index (χ4v) is 1.43. The minimum atomic E-state index is -0.692. The molecule has 0 radical (unpaired) electrons. The smallest absolute Gasteiger partial charge is 0.328 e. The van der Waals surface area contributed by atoms with Crippen LogP contribution in [0.25, 0.3) is 0 Å². The molecule has 0 spiro atoms. The quantitative estimate of drug-likeness (QED) is 0.803. The summed E-state index contributed by atoms with van der Waals surface area (Å²) in [6.07, 6.45) is 0. The minimum Gasteiger partial charge on any atom is -0.496 e. The van der Waals surface area contributed by atoms with Crippen LogP contribution in [0.4, 0.5) is 0 Å². The summed E-state index contributed by atoms with van der Waals surface area (Å²) in [5, 5.41) is 2.56. The van der Waals surface area contributed by atoms with Gasteiger partial charge < -0.3 is 14.8 Å². The van der Waals surface area contributed by atoms with Gasteiger partial charge in [0.2, 0.25) is 0 Å². The summed E-state index contributed by atoms with van der Waals surface area (Å²) >= 11 is 0. The summed E-state index contributed by atoms with van der Waals surface area (Å²) in [5.41, 5.74) is 0.385. The van der Waals surface area contributed by atoms with Crippen LogP contribution in [-0.4, -0.2) is 31.6 Å². The Morgan fingerprint density at radius 3 is 2.61 bits per heavy atom. The third-order valence-corrected chi connectivity index (χ3v) is 2.34. The van der Waals surface area contributed by atoms with Crippen molar-refractivity contribution in [3.8, 4) is 5.75 Å². The Kier molecular flexibility index (Phi) is 5.17. The first-order chi connectivity index (χ1) is 8.60. The fraction of sp³-hybridized carbons (Fsp3) is 0.385. The Morgan fingerprint density at radius 2 is 2.00 bits per heavy atom. The molecule has 1 unspecified atom stereocenters. The van der Waals surface area contributed by atoms with Gasteiger partial charge in [0.15, 0.2) is 0 Å². The standard InChI is InChI=1S/C13H17NO4/c1-4-18-13(16)9(2)14-12(15)10-7-5-6-8-11(10)17-3/h5-9H,4H2,1-3H3,(H,14,15). The lowest BCUT2D eigenvalue weighted by atomic mass is 10.1. The van der Waals surface area contributed by atoms with Gasteiger partial charge >= 0.3 is 5.97 Å². The van der Waals surface area contributed by atoms with E-state index in [1.54, 1.807) is 38.1 Å². The molecular formula is C13H17NO4. The van der Waals surface area contributed by atoms with Gasteiger partial charge in [0, 0.05) is 0 Å². The zero-order chi connectivity index (χ0) is 13.5. The number of amides is 1. The number of hydrogen-bond donors (Lipinski definition) is 1. The SMILES string of the molecule is CCOC(=O)C(C)NC(=O)c1ccccc1OC. The molecule has 1 atom stereocenters. The molecule has 0 aliphatic heterocycles. The van der Waals surface area contributed by atoms with Crippen molar-refractivity contribution in [2.24, 2.45) is 0 Å². The molecule has 1 aromatic rings. The van der Waals surface area contributed by atoms with E-state index in [-0.39, 0.29) is 12.5 Å². The van der Waals surface area contributed by atoms with E-state index in [1.165, 1.54) is 7.11 Å². The highest BCUT2D eigenvalue weighted by atomic mass is 16.5. The van der Waals surface area contributed by atoms with Gasteiger partial charge in [-0.2, -0.15) is 0 Å². The summed E-state index contributed by atoms with van der Waals surface area (Å²) in [5.74, 6) is -0.361. The highest BCUT2D eigenvalue weighted by Crippen LogP contribution is 2.16. The Morgan fingerprint density at radius 1 is 1.33 bits per heavy atom. The topological polar surface area (TPSA) is 64.6 Å². The molecule has 1 N–H and O–H groups in total. The lowest BCUT2D eigenvalue weighted by molar-refractivity contribution is -0.144. The lowest BCUT2D eigenvalue weighted by Crippen LogP contribution is -2.39. The predicted molar refractivity (Wildman–Crippen MR) is 66.6 cm³/mol. The van der Waals surface area contributed by atoms with Crippen molar-refractivity contribution < 1.29 is 19.1 Å². The summed E-state index contributed by atoms with van der Waals surface area (Å²) in [6.45, 7) is 3.58. The molecule has 1 amide bonds. The molecular weight excluding hydrogens is 234 g/mol. The summed E-state index contributed by atoms with van der Waals surface area (Å²) < 4.78 is 9.89. The van der Waals surface area contributed by atoms with E-state index in [2.05, 4.69) is 5.32 Å². The first-order valence-electron chi connectivity index (χ1n) is 5.70. The number of nitrogens with one attached hydrogen (secondary N) is 1. The molecule has 0 aliphatic rings. The van der Waals surface area contributed by atoms with E-state index in [4.69, 9.17) is 9.47 Å². The molecule has 1 rings (SSSR count). The fourth-order valence-electron chi connectivity index (χ4n) is 1.43. The number of esters is 1. The molecule has 5 heteroatoms. The zero-order valence-electron chi connectivity index (χ0n) is 10.7. The Labute approximate surface area is 106 Å². The molecule has 0 bridgehead atoms. The maximum atomic E-state index is 11.9. The molecule has 0 saturated carbocycles. The number of carbonyl (C=O) groups is 2. The van der Waals surface area contributed by atoms with E-state index >= 15 is 0 Å². The van der Waals surface area contributed by atoms with E-state index in [0.29, 0.717) is 11.3 Å². The predicted octanol–water partition coefficient (Wildman–Crippen LogP) is 1.38. The average molecular weight is 251 g/mol. The number of carbonyl (C=O) groups excluding carboxylic acids is 2. The molecule has 18 heavy (non-hydrogen) atoms. The van der Waals surface area contributed by atoms with Crippen molar-refractivity contribution in [2.45, 2.75) is 19.9 Å². The largest absolute Gasteiger partial charge is 0.496 e. The van der Waals surface area contributed by atoms with E-state index in [9.17, 15) is 9.59 Å². The number of benzene rings is 1.